The van der Waals surface area contributed by atoms with E-state index < -0.39 is 0 Å². The monoisotopic (exact) mass is 312 g/mol. The molecule has 112 valence electrons. The van der Waals surface area contributed by atoms with Crippen molar-refractivity contribution < 1.29 is 9.47 Å². The van der Waals surface area contributed by atoms with Crippen LogP contribution in [0.3, 0.4) is 0 Å². The predicted molar refractivity (Wildman–Crippen MR) is 86.8 cm³/mol. The molecule has 1 aliphatic rings. The molecule has 2 aromatic heterocycles. The van der Waals surface area contributed by atoms with Gasteiger partial charge in [-0.05, 0) is 30.3 Å². The molecule has 0 fully saturated rings. The number of nitrogens with zero attached hydrogens (tertiary/aromatic N) is 2. The van der Waals surface area contributed by atoms with Gasteiger partial charge in [0.25, 0.3) is 0 Å². The molecule has 0 atom stereocenters. The Hall–Kier alpha value is -2.14. The third kappa shape index (κ3) is 2.76. The highest BCUT2D eigenvalue weighted by Gasteiger charge is 2.11. The van der Waals surface area contributed by atoms with Crippen molar-refractivity contribution in [2.75, 3.05) is 13.2 Å². The van der Waals surface area contributed by atoms with Gasteiger partial charge >= 0.3 is 0 Å². The largest absolute Gasteiger partial charge is 0.490 e. The maximum atomic E-state index is 5.73. The molecule has 0 N–H and O–H groups in total. The molecular weight excluding hydrogens is 296 g/mol. The number of rotatable bonds is 3. The molecule has 5 heteroatoms. The summed E-state index contributed by atoms with van der Waals surface area (Å²) in [6.07, 6.45) is 5.02. The zero-order valence-electron chi connectivity index (χ0n) is 12.1. The second-order valence-electron chi connectivity index (χ2n) is 5.15. The topological polar surface area (TPSA) is 35.8 Å². The summed E-state index contributed by atoms with van der Waals surface area (Å²) in [6, 6.07) is 12.2. The number of imidazole rings is 1. The van der Waals surface area contributed by atoms with Crippen LogP contribution in [-0.2, 0) is 5.75 Å². The lowest BCUT2D eigenvalue weighted by Gasteiger charge is -2.08. The molecule has 4 rings (SSSR count). The SMILES string of the molecule is c1ccn2cc(CSc3ccc4c(c3)OCCCO4)nc2c1. The zero-order valence-corrected chi connectivity index (χ0v) is 12.9. The molecule has 1 aromatic carbocycles. The van der Waals surface area contributed by atoms with E-state index in [0.717, 1.165) is 41.6 Å². The smallest absolute Gasteiger partial charge is 0.162 e. The van der Waals surface area contributed by atoms with Crippen molar-refractivity contribution in [1.29, 1.82) is 0 Å². The number of aromatic nitrogens is 2. The number of pyridine rings is 1. The molecule has 4 nitrogen and oxygen atoms in total. The lowest BCUT2D eigenvalue weighted by molar-refractivity contribution is 0.297. The normalized spacial score (nSPS) is 14.0. The average Bonchev–Trinajstić information content (AvgIpc) is 2.82. The van der Waals surface area contributed by atoms with Gasteiger partial charge in [-0.25, -0.2) is 4.98 Å². The van der Waals surface area contributed by atoms with Crippen molar-refractivity contribution in [3.63, 3.8) is 0 Å². The van der Waals surface area contributed by atoms with E-state index in [2.05, 4.69) is 23.3 Å². The van der Waals surface area contributed by atoms with Gasteiger partial charge in [-0.1, -0.05) is 6.07 Å². The van der Waals surface area contributed by atoms with E-state index in [-0.39, 0.29) is 0 Å². The summed E-state index contributed by atoms with van der Waals surface area (Å²) in [4.78, 5) is 5.78. The molecule has 1 aliphatic heterocycles. The molecular formula is C17H16N2O2S. The summed E-state index contributed by atoms with van der Waals surface area (Å²) in [6.45, 7) is 1.44. The number of benzene rings is 1. The van der Waals surface area contributed by atoms with Crippen LogP contribution in [0.1, 0.15) is 12.1 Å². The first-order valence-corrected chi connectivity index (χ1v) is 8.32. The van der Waals surface area contributed by atoms with Crippen molar-refractivity contribution in [1.82, 2.24) is 9.38 Å². The number of thioether (sulfide) groups is 1. The second-order valence-corrected chi connectivity index (χ2v) is 6.19. The standard InChI is InChI=1S/C17H16N2O2S/c1-2-7-19-11-13(18-17(19)4-1)12-22-14-5-6-15-16(10-14)21-9-3-8-20-15/h1-2,4-7,10-11H,3,8-9,12H2. The Labute approximate surface area is 133 Å². The van der Waals surface area contributed by atoms with Crippen LogP contribution in [0.15, 0.2) is 53.7 Å². The first kappa shape index (κ1) is 13.5. The molecule has 0 radical (unpaired) electrons. The first-order valence-electron chi connectivity index (χ1n) is 7.33. The number of hydrogen-bond acceptors (Lipinski definition) is 4. The van der Waals surface area contributed by atoms with Crippen LogP contribution in [0.25, 0.3) is 5.65 Å². The molecule has 3 heterocycles. The molecule has 3 aromatic rings. The highest BCUT2D eigenvalue weighted by molar-refractivity contribution is 7.98. The Balaban J connectivity index is 1.50. The lowest BCUT2D eigenvalue weighted by Crippen LogP contribution is -1.97. The van der Waals surface area contributed by atoms with Crippen molar-refractivity contribution in [2.24, 2.45) is 0 Å². The molecule has 22 heavy (non-hydrogen) atoms. The minimum absolute atomic E-state index is 0.716. The van der Waals surface area contributed by atoms with Crippen LogP contribution >= 0.6 is 11.8 Å². The van der Waals surface area contributed by atoms with Gasteiger partial charge in [0.1, 0.15) is 5.65 Å². The van der Waals surface area contributed by atoms with Gasteiger partial charge in [0.05, 0.1) is 18.9 Å². The predicted octanol–water partition coefficient (Wildman–Crippen LogP) is 3.79. The van der Waals surface area contributed by atoms with Crippen molar-refractivity contribution in [3.05, 3.63) is 54.5 Å². The van der Waals surface area contributed by atoms with Gasteiger partial charge in [0.2, 0.25) is 0 Å². The lowest BCUT2D eigenvalue weighted by atomic mass is 10.3. The van der Waals surface area contributed by atoms with Gasteiger partial charge in [-0.15, -0.1) is 11.8 Å². The minimum Gasteiger partial charge on any atom is -0.490 e. The molecule has 0 spiro atoms. The van der Waals surface area contributed by atoms with E-state index in [1.807, 2.05) is 34.9 Å². The Bertz CT molecular complexity index is 767. The van der Waals surface area contributed by atoms with E-state index in [4.69, 9.17) is 9.47 Å². The van der Waals surface area contributed by atoms with Crippen molar-refractivity contribution in [2.45, 2.75) is 17.1 Å². The fourth-order valence-corrected chi connectivity index (χ4v) is 3.26. The third-order valence-corrected chi connectivity index (χ3v) is 4.55. The van der Waals surface area contributed by atoms with E-state index in [9.17, 15) is 0 Å². The fraction of sp³-hybridized carbons (Fsp3) is 0.235. The zero-order chi connectivity index (χ0) is 14.8. The van der Waals surface area contributed by atoms with Crippen LogP contribution in [0.2, 0.25) is 0 Å². The van der Waals surface area contributed by atoms with Gasteiger partial charge in [0.15, 0.2) is 11.5 Å². The summed E-state index contributed by atoms with van der Waals surface area (Å²) in [5.74, 6) is 2.52. The summed E-state index contributed by atoms with van der Waals surface area (Å²) >= 11 is 1.76. The molecule has 0 bridgehead atoms. The fourth-order valence-electron chi connectivity index (χ4n) is 2.45. The van der Waals surface area contributed by atoms with Gasteiger partial charge < -0.3 is 13.9 Å². The quantitative estimate of drug-likeness (QED) is 0.689. The average molecular weight is 312 g/mol. The highest BCUT2D eigenvalue weighted by atomic mass is 32.2. The number of ether oxygens (including phenoxy) is 2. The van der Waals surface area contributed by atoms with E-state index in [1.165, 1.54) is 4.90 Å². The van der Waals surface area contributed by atoms with Crippen molar-refractivity contribution in [3.8, 4) is 11.5 Å². The minimum atomic E-state index is 0.716. The van der Waals surface area contributed by atoms with Gasteiger partial charge in [-0.3, -0.25) is 0 Å². The van der Waals surface area contributed by atoms with E-state index in [0.29, 0.717) is 6.61 Å². The van der Waals surface area contributed by atoms with Crippen LogP contribution in [0, 0.1) is 0 Å². The van der Waals surface area contributed by atoms with Gasteiger partial charge in [0, 0.05) is 29.5 Å². The van der Waals surface area contributed by atoms with E-state index in [1.54, 1.807) is 11.8 Å². The maximum absolute atomic E-state index is 5.73. The van der Waals surface area contributed by atoms with E-state index >= 15 is 0 Å². The summed E-state index contributed by atoms with van der Waals surface area (Å²) < 4.78 is 13.4. The Kier molecular flexibility index (Phi) is 3.64. The Morgan fingerprint density at radius 2 is 2.00 bits per heavy atom. The maximum Gasteiger partial charge on any atom is 0.162 e. The molecule has 0 unspecified atom stereocenters. The summed E-state index contributed by atoms with van der Waals surface area (Å²) in [7, 11) is 0. The number of hydrogen-bond donors (Lipinski definition) is 0. The van der Waals surface area contributed by atoms with Crippen LogP contribution in [0.4, 0.5) is 0 Å². The van der Waals surface area contributed by atoms with Crippen LogP contribution in [0.5, 0.6) is 11.5 Å². The molecule has 0 saturated heterocycles. The molecule has 0 amide bonds. The third-order valence-electron chi connectivity index (χ3n) is 3.52. The van der Waals surface area contributed by atoms with Crippen molar-refractivity contribution >= 4 is 17.4 Å². The van der Waals surface area contributed by atoms with Gasteiger partial charge in [-0.2, -0.15) is 0 Å². The summed E-state index contributed by atoms with van der Waals surface area (Å²) in [5.41, 5.74) is 2.06. The second kappa shape index (κ2) is 5.93. The van der Waals surface area contributed by atoms with Crippen LogP contribution < -0.4 is 9.47 Å². The summed E-state index contributed by atoms with van der Waals surface area (Å²) in [5, 5.41) is 0. The Morgan fingerprint density at radius 3 is 2.91 bits per heavy atom. The number of fused-ring (bicyclic) bond motifs is 2. The highest BCUT2D eigenvalue weighted by Crippen LogP contribution is 2.34. The first-order chi connectivity index (χ1) is 10.9. The molecule has 0 aliphatic carbocycles. The van der Waals surface area contributed by atoms with Crippen LogP contribution in [-0.4, -0.2) is 22.6 Å². The Morgan fingerprint density at radius 1 is 1.09 bits per heavy atom. The molecule has 0 saturated carbocycles.